The maximum Gasteiger partial charge on any atom is 0.262 e. The Morgan fingerprint density at radius 2 is 1.50 bits per heavy atom. The van der Waals surface area contributed by atoms with Crippen LogP contribution in [0.25, 0.3) is 0 Å². The van der Waals surface area contributed by atoms with Crippen molar-refractivity contribution >= 4 is 23.6 Å². The summed E-state index contributed by atoms with van der Waals surface area (Å²) < 4.78 is 15.5. The van der Waals surface area contributed by atoms with E-state index in [0.717, 1.165) is 0 Å². The van der Waals surface area contributed by atoms with Gasteiger partial charge in [-0.2, -0.15) is 0 Å². The Balaban J connectivity index is 3.06. The number of benzene rings is 1. The fourth-order valence-corrected chi connectivity index (χ4v) is 2.38. The topological polar surface area (TPSA) is 185 Å². The molecule has 0 bridgehead atoms. The molecule has 6 N–H and O–H groups in total. The molecular weight excluding hydrogens is 404 g/mol. The van der Waals surface area contributed by atoms with Crippen LogP contribution in [0.4, 0.5) is 0 Å². The molecule has 166 valence electrons. The van der Waals surface area contributed by atoms with E-state index in [-0.39, 0.29) is 35.7 Å². The second kappa shape index (κ2) is 12.1. The van der Waals surface area contributed by atoms with Gasteiger partial charge in [-0.15, -0.1) is 0 Å². The normalized spacial score (nSPS) is 11.0. The highest BCUT2D eigenvalue weighted by Gasteiger charge is 2.24. The van der Waals surface area contributed by atoms with Gasteiger partial charge in [0.25, 0.3) is 11.8 Å². The van der Waals surface area contributed by atoms with Crippen molar-refractivity contribution < 1.29 is 43.8 Å². The minimum atomic E-state index is -1.24. The highest BCUT2D eigenvalue weighted by molar-refractivity contribution is 5.99. The molecule has 4 amide bonds. The second-order valence-electron chi connectivity index (χ2n) is 5.77. The number of hydroxylamine groups is 2. The van der Waals surface area contributed by atoms with Crippen molar-refractivity contribution in [2.75, 3.05) is 27.9 Å². The van der Waals surface area contributed by atoms with Crippen molar-refractivity contribution in [3.63, 3.8) is 0 Å². The van der Waals surface area contributed by atoms with Gasteiger partial charge in [-0.05, 0) is 18.6 Å². The number of ether oxygens (including phenoxy) is 3. The molecule has 0 spiro atoms. The van der Waals surface area contributed by atoms with E-state index in [1.807, 2.05) is 0 Å². The minimum Gasteiger partial charge on any atom is -0.493 e. The summed E-state index contributed by atoms with van der Waals surface area (Å²) in [6, 6.07) is 1.50. The van der Waals surface area contributed by atoms with Gasteiger partial charge >= 0.3 is 0 Å². The van der Waals surface area contributed by atoms with Gasteiger partial charge < -0.3 is 24.8 Å². The molecule has 0 unspecified atom stereocenters. The second-order valence-corrected chi connectivity index (χ2v) is 5.77. The number of hydrogen-bond donors (Lipinski definition) is 6. The van der Waals surface area contributed by atoms with Crippen LogP contribution in [0.2, 0.25) is 0 Å². The standard InChI is InChI=1S/C17H24N4O9/c1-28-11-6-9(7-12(29-2)15(11)30-3)16(24)19-10(4-5-13(22)20-26)17(25)18-8-14(23)21-27/h6-7,10,26-27H,4-5,8H2,1-3H3,(H,18,25)(H,19,24)(H,20,22)(H,21,23)/t10-/m1/s1. The minimum absolute atomic E-state index is 0.0713. The zero-order valence-electron chi connectivity index (χ0n) is 16.6. The molecule has 0 saturated heterocycles. The summed E-state index contributed by atoms with van der Waals surface area (Å²) >= 11 is 0. The summed E-state index contributed by atoms with van der Waals surface area (Å²) in [4.78, 5) is 47.4. The summed E-state index contributed by atoms with van der Waals surface area (Å²) in [7, 11) is 4.14. The Labute approximate surface area is 171 Å². The van der Waals surface area contributed by atoms with E-state index in [1.165, 1.54) is 44.4 Å². The molecule has 13 heteroatoms. The van der Waals surface area contributed by atoms with Crippen LogP contribution in [-0.2, 0) is 14.4 Å². The van der Waals surface area contributed by atoms with Crippen LogP contribution in [-0.4, -0.2) is 68.0 Å². The molecule has 0 aliphatic carbocycles. The van der Waals surface area contributed by atoms with Crippen molar-refractivity contribution in [2.24, 2.45) is 0 Å². The van der Waals surface area contributed by atoms with Crippen LogP contribution in [0.1, 0.15) is 23.2 Å². The molecule has 0 heterocycles. The van der Waals surface area contributed by atoms with E-state index < -0.39 is 36.2 Å². The zero-order chi connectivity index (χ0) is 22.7. The van der Waals surface area contributed by atoms with Crippen molar-refractivity contribution in [1.29, 1.82) is 0 Å². The maximum atomic E-state index is 12.7. The zero-order valence-corrected chi connectivity index (χ0v) is 16.6. The number of methoxy groups -OCH3 is 3. The van der Waals surface area contributed by atoms with Gasteiger partial charge in [0.15, 0.2) is 11.5 Å². The first-order valence-electron chi connectivity index (χ1n) is 8.55. The Kier molecular flexibility index (Phi) is 9.85. The van der Waals surface area contributed by atoms with Crippen LogP contribution >= 0.6 is 0 Å². The molecule has 0 radical (unpaired) electrons. The molecule has 0 saturated carbocycles. The van der Waals surface area contributed by atoms with Crippen molar-refractivity contribution in [3.05, 3.63) is 17.7 Å². The van der Waals surface area contributed by atoms with Crippen molar-refractivity contribution in [1.82, 2.24) is 21.6 Å². The molecule has 1 atom stereocenters. The van der Waals surface area contributed by atoms with Gasteiger partial charge in [0.2, 0.25) is 17.6 Å². The lowest BCUT2D eigenvalue weighted by Gasteiger charge is -2.19. The van der Waals surface area contributed by atoms with Gasteiger partial charge in [-0.3, -0.25) is 29.6 Å². The Bertz CT molecular complexity index is 759. The van der Waals surface area contributed by atoms with Crippen molar-refractivity contribution in [2.45, 2.75) is 18.9 Å². The first kappa shape index (κ1) is 24.5. The lowest BCUT2D eigenvalue weighted by atomic mass is 10.1. The predicted molar refractivity (Wildman–Crippen MR) is 99.5 cm³/mol. The Morgan fingerprint density at radius 1 is 0.933 bits per heavy atom. The number of carbonyl (C=O) groups is 4. The number of carbonyl (C=O) groups excluding carboxylic acids is 4. The summed E-state index contributed by atoms with van der Waals surface area (Å²) in [5.41, 5.74) is 2.83. The monoisotopic (exact) mass is 428 g/mol. The van der Waals surface area contributed by atoms with E-state index in [0.29, 0.717) is 0 Å². The number of amides is 4. The van der Waals surface area contributed by atoms with Crippen LogP contribution in [0.15, 0.2) is 12.1 Å². The average Bonchev–Trinajstić information content (AvgIpc) is 2.77. The molecule has 13 nitrogen and oxygen atoms in total. The lowest BCUT2D eigenvalue weighted by molar-refractivity contribution is -0.132. The third kappa shape index (κ3) is 6.79. The largest absolute Gasteiger partial charge is 0.493 e. The molecule has 0 aliphatic rings. The van der Waals surface area contributed by atoms with Gasteiger partial charge in [0, 0.05) is 12.0 Å². The van der Waals surface area contributed by atoms with Gasteiger partial charge in [-0.25, -0.2) is 11.0 Å². The number of nitrogens with one attached hydrogen (secondary N) is 4. The molecule has 0 fully saturated rings. The van der Waals surface area contributed by atoms with Crippen LogP contribution in [0.5, 0.6) is 17.2 Å². The predicted octanol–water partition coefficient (Wildman–Crippen LogP) is -1.28. The average molecular weight is 428 g/mol. The lowest BCUT2D eigenvalue weighted by Crippen LogP contribution is -2.49. The van der Waals surface area contributed by atoms with Crippen LogP contribution in [0.3, 0.4) is 0 Å². The third-order valence-corrected chi connectivity index (χ3v) is 3.88. The van der Waals surface area contributed by atoms with E-state index >= 15 is 0 Å². The fraction of sp³-hybridized carbons (Fsp3) is 0.412. The molecule has 1 aromatic rings. The Hall–Kier alpha value is -3.58. The van der Waals surface area contributed by atoms with E-state index in [1.54, 1.807) is 0 Å². The van der Waals surface area contributed by atoms with Crippen LogP contribution < -0.4 is 35.8 Å². The van der Waals surface area contributed by atoms with Gasteiger partial charge in [0.1, 0.15) is 6.04 Å². The highest BCUT2D eigenvalue weighted by Crippen LogP contribution is 2.38. The highest BCUT2D eigenvalue weighted by atomic mass is 16.5. The quantitative estimate of drug-likeness (QED) is 0.184. The Morgan fingerprint density at radius 3 is 1.97 bits per heavy atom. The number of hydrogen-bond acceptors (Lipinski definition) is 9. The SMILES string of the molecule is COc1cc(C(=O)N[C@H](CCC(=O)NO)C(=O)NCC(=O)NO)cc(OC)c1OC. The van der Waals surface area contributed by atoms with Gasteiger partial charge in [0.05, 0.1) is 27.9 Å². The third-order valence-electron chi connectivity index (χ3n) is 3.88. The van der Waals surface area contributed by atoms with Gasteiger partial charge in [-0.1, -0.05) is 0 Å². The molecule has 0 aromatic heterocycles. The van der Waals surface area contributed by atoms with Crippen molar-refractivity contribution in [3.8, 4) is 17.2 Å². The molecule has 30 heavy (non-hydrogen) atoms. The first-order chi connectivity index (χ1) is 14.3. The summed E-state index contributed by atoms with van der Waals surface area (Å²) in [6.07, 6.45) is -0.481. The van der Waals surface area contributed by atoms with E-state index in [4.69, 9.17) is 24.6 Å². The summed E-state index contributed by atoms with van der Waals surface area (Å²) in [6.45, 7) is -0.557. The number of rotatable bonds is 11. The summed E-state index contributed by atoms with van der Waals surface area (Å²) in [5, 5.41) is 21.7. The summed E-state index contributed by atoms with van der Waals surface area (Å²) in [5.74, 6) is -2.46. The molecule has 0 aliphatic heterocycles. The van der Waals surface area contributed by atoms with E-state index in [2.05, 4.69) is 10.6 Å². The maximum absolute atomic E-state index is 12.7. The smallest absolute Gasteiger partial charge is 0.262 e. The molecule has 1 aromatic carbocycles. The van der Waals surface area contributed by atoms with Crippen LogP contribution in [0, 0.1) is 0 Å². The fourth-order valence-electron chi connectivity index (χ4n) is 2.38. The molecule has 1 rings (SSSR count). The van der Waals surface area contributed by atoms with E-state index in [9.17, 15) is 19.2 Å². The first-order valence-corrected chi connectivity index (χ1v) is 8.55. The molecular formula is C17H24N4O9.